The Kier molecular flexibility index (Phi) is 3.83. The molecule has 2 aromatic heterocycles. The van der Waals surface area contributed by atoms with Crippen molar-refractivity contribution < 1.29 is 4.79 Å². The van der Waals surface area contributed by atoms with E-state index in [0.717, 1.165) is 17.2 Å². The highest BCUT2D eigenvalue weighted by Crippen LogP contribution is 2.14. The molecule has 0 aliphatic carbocycles. The van der Waals surface area contributed by atoms with Crippen LogP contribution in [0.4, 0.5) is 10.8 Å². The first-order valence-electron chi connectivity index (χ1n) is 5.50. The van der Waals surface area contributed by atoms with Crippen molar-refractivity contribution >= 4 is 28.1 Å². The third kappa shape index (κ3) is 3.01. The quantitative estimate of drug-likeness (QED) is 0.881. The van der Waals surface area contributed by atoms with Crippen LogP contribution < -0.4 is 10.6 Å². The highest BCUT2D eigenvalue weighted by atomic mass is 32.1. The standard InChI is InChI=1S/C11H13N5OS/c1-3-12-8-4-5-9(13-6-8)10(17)14-11-16-15-7(2)18-11/h4-6,12H,3H2,1-2H3,(H,14,16,17). The number of carbonyl (C=O) groups excluding carboxylic acids is 1. The average Bonchev–Trinajstić information content (AvgIpc) is 2.76. The topological polar surface area (TPSA) is 79.8 Å². The van der Waals surface area contributed by atoms with Crippen LogP contribution in [0.15, 0.2) is 18.3 Å². The van der Waals surface area contributed by atoms with Crippen molar-refractivity contribution in [3.05, 3.63) is 29.0 Å². The molecule has 0 aliphatic rings. The van der Waals surface area contributed by atoms with Gasteiger partial charge in [-0.1, -0.05) is 11.3 Å². The fourth-order valence-electron chi connectivity index (χ4n) is 1.35. The number of hydrogen-bond acceptors (Lipinski definition) is 6. The fraction of sp³-hybridized carbons (Fsp3) is 0.273. The van der Waals surface area contributed by atoms with Gasteiger partial charge in [0, 0.05) is 6.54 Å². The first-order chi connectivity index (χ1) is 8.69. The van der Waals surface area contributed by atoms with Crippen molar-refractivity contribution in [1.82, 2.24) is 15.2 Å². The van der Waals surface area contributed by atoms with Crippen LogP contribution in [0, 0.1) is 6.92 Å². The van der Waals surface area contributed by atoms with Gasteiger partial charge in [-0.25, -0.2) is 4.98 Å². The van der Waals surface area contributed by atoms with Crippen LogP contribution in [-0.4, -0.2) is 27.6 Å². The Morgan fingerprint density at radius 2 is 2.22 bits per heavy atom. The molecule has 0 saturated carbocycles. The number of anilines is 2. The van der Waals surface area contributed by atoms with E-state index in [1.165, 1.54) is 11.3 Å². The van der Waals surface area contributed by atoms with Crippen LogP contribution in [0.5, 0.6) is 0 Å². The zero-order valence-electron chi connectivity index (χ0n) is 10.1. The Labute approximate surface area is 108 Å². The van der Waals surface area contributed by atoms with E-state index in [0.29, 0.717) is 10.8 Å². The van der Waals surface area contributed by atoms with E-state index in [4.69, 9.17) is 0 Å². The van der Waals surface area contributed by atoms with Crippen LogP contribution in [0.2, 0.25) is 0 Å². The molecule has 2 aromatic rings. The van der Waals surface area contributed by atoms with Gasteiger partial charge >= 0.3 is 0 Å². The SMILES string of the molecule is CCNc1ccc(C(=O)Nc2nnc(C)s2)nc1. The number of nitrogens with one attached hydrogen (secondary N) is 2. The van der Waals surface area contributed by atoms with Gasteiger partial charge in [-0.05, 0) is 26.0 Å². The molecule has 0 radical (unpaired) electrons. The summed E-state index contributed by atoms with van der Waals surface area (Å²) in [5, 5.41) is 14.7. The molecular formula is C11H13N5OS. The predicted octanol–water partition coefficient (Wildman–Crippen LogP) is 1.93. The normalized spacial score (nSPS) is 10.1. The molecule has 6 nitrogen and oxygen atoms in total. The molecule has 0 saturated heterocycles. The van der Waals surface area contributed by atoms with Gasteiger partial charge in [0.1, 0.15) is 10.7 Å². The summed E-state index contributed by atoms with van der Waals surface area (Å²) in [5.74, 6) is -0.283. The molecule has 0 aliphatic heterocycles. The number of amides is 1. The van der Waals surface area contributed by atoms with Crippen LogP contribution in [0.1, 0.15) is 22.4 Å². The lowest BCUT2D eigenvalue weighted by Gasteiger charge is -2.03. The second-order valence-electron chi connectivity index (χ2n) is 3.54. The molecule has 2 rings (SSSR count). The lowest BCUT2D eigenvalue weighted by Crippen LogP contribution is -2.13. The minimum absolute atomic E-state index is 0.283. The summed E-state index contributed by atoms with van der Waals surface area (Å²) in [6.07, 6.45) is 1.63. The van der Waals surface area contributed by atoms with Crippen molar-refractivity contribution in [2.45, 2.75) is 13.8 Å². The smallest absolute Gasteiger partial charge is 0.276 e. The monoisotopic (exact) mass is 263 g/mol. The van der Waals surface area contributed by atoms with E-state index in [1.54, 1.807) is 12.3 Å². The van der Waals surface area contributed by atoms with Crippen molar-refractivity contribution in [1.29, 1.82) is 0 Å². The number of pyridine rings is 1. The largest absolute Gasteiger partial charge is 0.384 e. The van der Waals surface area contributed by atoms with E-state index in [9.17, 15) is 4.79 Å². The minimum Gasteiger partial charge on any atom is -0.384 e. The first kappa shape index (κ1) is 12.4. The molecule has 18 heavy (non-hydrogen) atoms. The summed E-state index contributed by atoms with van der Waals surface area (Å²) in [7, 11) is 0. The van der Waals surface area contributed by atoms with E-state index in [2.05, 4.69) is 25.8 Å². The van der Waals surface area contributed by atoms with Crippen LogP contribution in [0.25, 0.3) is 0 Å². The molecule has 2 heterocycles. The number of rotatable bonds is 4. The van der Waals surface area contributed by atoms with Crippen molar-refractivity contribution in [3.63, 3.8) is 0 Å². The second kappa shape index (κ2) is 5.54. The Morgan fingerprint density at radius 3 is 2.78 bits per heavy atom. The van der Waals surface area contributed by atoms with E-state index in [-0.39, 0.29) is 5.91 Å². The van der Waals surface area contributed by atoms with Crippen molar-refractivity contribution in [2.75, 3.05) is 17.2 Å². The van der Waals surface area contributed by atoms with E-state index >= 15 is 0 Å². The Bertz CT molecular complexity index is 537. The molecule has 1 amide bonds. The lowest BCUT2D eigenvalue weighted by molar-refractivity contribution is 0.102. The highest BCUT2D eigenvalue weighted by Gasteiger charge is 2.10. The van der Waals surface area contributed by atoms with Crippen molar-refractivity contribution in [2.24, 2.45) is 0 Å². The summed E-state index contributed by atoms with van der Waals surface area (Å²) in [4.78, 5) is 15.9. The maximum atomic E-state index is 11.8. The molecule has 2 N–H and O–H groups in total. The first-order valence-corrected chi connectivity index (χ1v) is 6.32. The third-order valence-electron chi connectivity index (χ3n) is 2.12. The van der Waals surface area contributed by atoms with Gasteiger partial charge in [0.05, 0.1) is 11.9 Å². The zero-order valence-corrected chi connectivity index (χ0v) is 10.9. The second-order valence-corrected chi connectivity index (χ2v) is 4.72. The fourth-order valence-corrected chi connectivity index (χ4v) is 1.93. The van der Waals surface area contributed by atoms with Crippen LogP contribution in [0.3, 0.4) is 0 Å². The highest BCUT2D eigenvalue weighted by molar-refractivity contribution is 7.15. The maximum Gasteiger partial charge on any atom is 0.276 e. The summed E-state index contributed by atoms with van der Waals surface area (Å²) in [5.41, 5.74) is 1.24. The summed E-state index contributed by atoms with van der Waals surface area (Å²) < 4.78 is 0. The predicted molar refractivity (Wildman–Crippen MR) is 71.0 cm³/mol. The molecule has 7 heteroatoms. The van der Waals surface area contributed by atoms with Gasteiger partial charge in [0.15, 0.2) is 0 Å². The van der Waals surface area contributed by atoms with Gasteiger partial charge < -0.3 is 5.32 Å². The minimum atomic E-state index is -0.283. The summed E-state index contributed by atoms with van der Waals surface area (Å²) in [6.45, 7) is 4.65. The molecular weight excluding hydrogens is 250 g/mol. The number of aromatic nitrogens is 3. The van der Waals surface area contributed by atoms with Gasteiger partial charge in [-0.2, -0.15) is 0 Å². The Hall–Kier alpha value is -2.02. The summed E-state index contributed by atoms with van der Waals surface area (Å²) >= 11 is 1.33. The molecule has 94 valence electrons. The molecule has 0 spiro atoms. The molecule has 0 atom stereocenters. The molecule has 0 aromatic carbocycles. The third-order valence-corrected chi connectivity index (χ3v) is 2.88. The summed E-state index contributed by atoms with van der Waals surface area (Å²) in [6, 6.07) is 3.48. The molecule has 0 fully saturated rings. The van der Waals surface area contributed by atoms with Crippen LogP contribution in [-0.2, 0) is 0 Å². The van der Waals surface area contributed by atoms with Gasteiger partial charge in [-0.15, -0.1) is 10.2 Å². The molecule has 0 bridgehead atoms. The number of hydrogen-bond donors (Lipinski definition) is 2. The Balaban J connectivity index is 2.04. The number of aryl methyl sites for hydroxylation is 1. The number of nitrogens with zero attached hydrogens (tertiary/aromatic N) is 3. The lowest BCUT2D eigenvalue weighted by atomic mass is 10.3. The number of carbonyl (C=O) groups is 1. The average molecular weight is 263 g/mol. The van der Waals surface area contributed by atoms with E-state index < -0.39 is 0 Å². The van der Waals surface area contributed by atoms with E-state index in [1.807, 2.05) is 19.9 Å². The maximum absolute atomic E-state index is 11.8. The zero-order chi connectivity index (χ0) is 13.0. The molecule has 0 unspecified atom stereocenters. The van der Waals surface area contributed by atoms with Gasteiger partial charge in [0.25, 0.3) is 5.91 Å². The van der Waals surface area contributed by atoms with Crippen LogP contribution >= 0.6 is 11.3 Å². The van der Waals surface area contributed by atoms with Gasteiger partial charge in [0.2, 0.25) is 5.13 Å². The Morgan fingerprint density at radius 1 is 1.39 bits per heavy atom. The van der Waals surface area contributed by atoms with Crippen molar-refractivity contribution in [3.8, 4) is 0 Å². The van der Waals surface area contributed by atoms with Gasteiger partial charge in [-0.3, -0.25) is 10.1 Å².